The largest absolute Gasteiger partial charge is 0.384 e. The maximum atomic E-state index is 5.92. The maximum Gasteiger partial charge on any atom is 0.227 e. The molecule has 0 atom stereocenters. The molecule has 3 rings (SSSR count). The average molecular weight is 254 g/mol. The van der Waals surface area contributed by atoms with E-state index in [-0.39, 0.29) is 0 Å². The van der Waals surface area contributed by atoms with Crippen molar-refractivity contribution >= 4 is 11.8 Å². The van der Waals surface area contributed by atoms with Gasteiger partial charge in [0.15, 0.2) is 0 Å². The Morgan fingerprint density at radius 2 is 1.89 bits per heavy atom. The van der Waals surface area contributed by atoms with Gasteiger partial charge in [-0.15, -0.1) is 0 Å². The Bertz CT molecular complexity index is 588. The number of rotatable bonds is 2. The highest BCUT2D eigenvalue weighted by atomic mass is 15.3. The predicted molar refractivity (Wildman–Crippen MR) is 78.1 cm³/mol. The number of aromatic nitrogens is 2. The molecule has 98 valence electrons. The van der Waals surface area contributed by atoms with Crippen LogP contribution in [0.4, 0.5) is 11.8 Å². The highest BCUT2D eigenvalue weighted by Crippen LogP contribution is 2.24. The molecule has 1 fully saturated rings. The highest BCUT2D eigenvalue weighted by molar-refractivity contribution is 5.64. The number of nitrogen functional groups attached to an aromatic ring is 1. The van der Waals surface area contributed by atoms with E-state index in [1.807, 2.05) is 12.1 Å². The van der Waals surface area contributed by atoms with E-state index in [1.54, 1.807) is 0 Å². The van der Waals surface area contributed by atoms with E-state index in [4.69, 9.17) is 5.73 Å². The molecule has 2 N–H and O–H groups in total. The summed E-state index contributed by atoms with van der Waals surface area (Å²) in [7, 11) is 0. The zero-order valence-corrected chi connectivity index (χ0v) is 11.1. The molecule has 2 aromatic rings. The van der Waals surface area contributed by atoms with Crippen molar-refractivity contribution in [2.75, 3.05) is 23.7 Å². The van der Waals surface area contributed by atoms with E-state index in [2.05, 4.69) is 40.0 Å². The summed E-state index contributed by atoms with van der Waals surface area (Å²) in [5.74, 6) is 1.29. The van der Waals surface area contributed by atoms with Crippen molar-refractivity contribution in [2.45, 2.75) is 19.8 Å². The Morgan fingerprint density at radius 3 is 2.63 bits per heavy atom. The van der Waals surface area contributed by atoms with E-state index < -0.39 is 0 Å². The Hall–Kier alpha value is -2.10. The summed E-state index contributed by atoms with van der Waals surface area (Å²) in [5, 5.41) is 0. The first-order valence-electron chi connectivity index (χ1n) is 6.69. The van der Waals surface area contributed by atoms with E-state index in [0.29, 0.717) is 5.82 Å². The van der Waals surface area contributed by atoms with E-state index in [0.717, 1.165) is 30.3 Å². The van der Waals surface area contributed by atoms with Gasteiger partial charge in [-0.3, -0.25) is 0 Å². The number of nitrogens with two attached hydrogens (primary N) is 1. The fourth-order valence-corrected chi connectivity index (χ4v) is 2.46. The van der Waals surface area contributed by atoms with Crippen LogP contribution in [0.15, 0.2) is 30.3 Å². The molecule has 1 aromatic heterocycles. The van der Waals surface area contributed by atoms with Gasteiger partial charge in [-0.05, 0) is 25.8 Å². The minimum absolute atomic E-state index is 0.536. The quantitative estimate of drug-likeness (QED) is 0.895. The summed E-state index contributed by atoms with van der Waals surface area (Å²) in [4.78, 5) is 11.2. The van der Waals surface area contributed by atoms with Crippen LogP contribution in [-0.4, -0.2) is 23.1 Å². The molecular weight excluding hydrogens is 236 g/mol. The number of aryl methyl sites for hydroxylation is 1. The number of anilines is 2. The SMILES string of the molecule is Cc1cccc(-c2cc(N)nc(N3CCCC3)n2)c1. The van der Waals surface area contributed by atoms with Gasteiger partial charge in [0.2, 0.25) is 5.95 Å². The Morgan fingerprint density at radius 1 is 1.11 bits per heavy atom. The normalized spacial score (nSPS) is 14.9. The minimum Gasteiger partial charge on any atom is -0.384 e. The standard InChI is InChI=1S/C15H18N4/c1-11-5-4-6-12(9-11)13-10-14(16)18-15(17-13)19-7-2-3-8-19/h4-6,9-10H,2-3,7-8H2,1H3,(H2,16,17,18). The van der Waals surface area contributed by atoms with Crippen molar-refractivity contribution in [3.8, 4) is 11.3 Å². The van der Waals surface area contributed by atoms with Crippen LogP contribution in [0, 0.1) is 6.92 Å². The van der Waals surface area contributed by atoms with Gasteiger partial charge in [0.05, 0.1) is 5.69 Å². The van der Waals surface area contributed by atoms with Gasteiger partial charge in [-0.1, -0.05) is 23.8 Å². The molecule has 19 heavy (non-hydrogen) atoms. The van der Waals surface area contributed by atoms with Crippen LogP contribution in [0.25, 0.3) is 11.3 Å². The highest BCUT2D eigenvalue weighted by Gasteiger charge is 2.16. The van der Waals surface area contributed by atoms with E-state index in [1.165, 1.54) is 18.4 Å². The van der Waals surface area contributed by atoms with Crippen molar-refractivity contribution < 1.29 is 0 Å². The van der Waals surface area contributed by atoms with E-state index >= 15 is 0 Å². The molecule has 2 heterocycles. The first kappa shape index (κ1) is 12.0. The Kier molecular flexibility index (Phi) is 3.07. The lowest BCUT2D eigenvalue weighted by atomic mass is 10.1. The summed E-state index contributed by atoms with van der Waals surface area (Å²) in [6, 6.07) is 10.1. The summed E-state index contributed by atoms with van der Waals surface area (Å²) in [6.45, 7) is 4.13. The fourth-order valence-electron chi connectivity index (χ4n) is 2.46. The maximum absolute atomic E-state index is 5.92. The summed E-state index contributed by atoms with van der Waals surface area (Å²) < 4.78 is 0. The number of hydrogen-bond acceptors (Lipinski definition) is 4. The van der Waals surface area contributed by atoms with Crippen molar-refractivity contribution in [3.63, 3.8) is 0 Å². The first-order valence-corrected chi connectivity index (χ1v) is 6.69. The second-order valence-corrected chi connectivity index (χ2v) is 5.04. The van der Waals surface area contributed by atoms with Gasteiger partial charge >= 0.3 is 0 Å². The third kappa shape index (κ3) is 2.52. The molecule has 0 bridgehead atoms. The molecule has 0 saturated carbocycles. The van der Waals surface area contributed by atoms with Gasteiger partial charge in [-0.25, -0.2) is 4.98 Å². The molecule has 0 radical (unpaired) electrons. The second kappa shape index (κ2) is 4.88. The lowest BCUT2D eigenvalue weighted by Crippen LogP contribution is -2.21. The Labute approximate surface area is 113 Å². The average Bonchev–Trinajstić information content (AvgIpc) is 2.92. The van der Waals surface area contributed by atoms with Crippen LogP contribution in [0.5, 0.6) is 0 Å². The zero-order valence-electron chi connectivity index (χ0n) is 11.1. The molecule has 0 amide bonds. The topological polar surface area (TPSA) is 55.0 Å². The van der Waals surface area contributed by atoms with E-state index in [9.17, 15) is 0 Å². The van der Waals surface area contributed by atoms with Crippen LogP contribution in [-0.2, 0) is 0 Å². The summed E-state index contributed by atoms with van der Waals surface area (Å²) >= 11 is 0. The fraction of sp³-hybridized carbons (Fsp3) is 0.333. The van der Waals surface area contributed by atoms with Gasteiger partial charge in [0.25, 0.3) is 0 Å². The van der Waals surface area contributed by atoms with Crippen LogP contribution in [0.2, 0.25) is 0 Å². The third-order valence-corrected chi connectivity index (χ3v) is 3.44. The molecule has 4 heteroatoms. The monoisotopic (exact) mass is 254 g/mol. The summed E-state index contributed by atoms with van der Waals surface area (Å²) in [5.41, 5.74) is 9.14. The summed E-state index contributed by atoms with van der Waals surface area (Å²) in [6.07, 6.45) is 2.41. The zero-order chi connectivity index (χ0) is 13.2. The molecule has 0 spiro atoms. The molecule has 0 aliphatic carbocycles. The molecule has 1 aliphatic rings. The molecule has 4 nitrogen and oxygen atoms in total. The predicted octanol–water partition coefficient (Wildman–Crippen LogP) is 2.63. The van der Waals surface area contributed by atoms with Gasteiger partial charge in [0.1, 0.15) is 5.82 Å². The number of benzene rings is 1. The van der Waals surface area contributed by atoms with Crippen molar-refractivity contribution in [1.29, 1.82) is 0 Å². The molecule has 1 saturated heterocycles. The molecular formula is C15H18N4. The second-order valence-electron chi connectivity index (χ2n) is 5.04. The van der Waals surface area contributed by atoms with Crippen LogP contribution >= 0.6 is 0 Å². The van der Waals surface area contributed by atoms with Crippen LogP contribution in [0.3, 0.4) is 0 Å². The van der Waals surface area contributed by atoms with Gasteiger partial charge in [0, 0.05) is 24.7 Å². The van der Waals surface area contributed by atoms with Gasteiger partial charge in [-0.2, -0.15) is 4.98 Å². The first-order chi connectivity index (χ1) is 9.22. The van der Waals surface area contributed by atoms with Crippen LogP contribution in [0.1, 0.15) is 18.4 Å². The molecule has 0 unspecified atom stereocenters. The van der Waals surface area contributed by atoms with Crippen molar-refractivity contribution in [2.24, 2.45) is 0 Å². The number of hydrogen-bond donors (Lipinski definition) is 1. The smallest absolute Gasteiger partial charge is 0.227 e. The lowest BCUT2D eigenvalue weighted by Gasteiger charge is -2.16. The molecule has 1 aliphatic heterocycles. The minimum atomic E-state index is 0.536. The van der Waals surface area contributed by atoms with Crippen molar-refractivity contribution in [3.05, 3.63) is 35.9 Å². The lowest BCUT2D eigenvalue weighted by molar-refractivity contribution is 0.902. The van der Waals surface area contributed by atoms with Crippen LogP contribution < -0.4 is 10.6 Å². The Balaban J connectivity index is 2.01. The number of nitrogens with zero attached hydrogens (tertiary/aromatic N) is 3. The van der Waals surface area contributed by atoms with Gasteiger partial charge < -0.3 is 10.6 Å². The third-order valence-electron chi connectivity index (χ3n) is 3.44. The molecule has 1 aromatic carbocycles. The van der Waals surface area contributed by atoms with Crippen molar-refractivity contribution in [1.82, 2.24) is 9.97 Å².